The summed E-state index contributed by atoms with van der Waals surface area (Å²) in [6.07, 6.45) is -5.21. The Labute approximate surface area is 150 Å². The third-order valence-electron chi connectivity index (χ3n) is 3.77. The normalized spacial score (nSPS) is 25.3. The van der Waals surface area contributed by atoms with Crippen LogP contribution >= 0.6 is 0 Å². The summed E-state index contributed by atoms with van der Waals surface area (Å²) in [5.41, 5.74) is -0.708. The lowest BCUT2D eigenvalue weighted by molar-refractivity contribution is -0.148. The number of hydrogen-bond donors (Lipinski definition) is 6. The van der Waals surface area contributed by atoms with Gasteiger partial charge in [0.25, 0.3) is 0 Å². The van der Waals surface area contributed by atoms with Gasteiger partial charge in [0.1, 0.15) is 18.3 Å². The molecule has 5 atom stereocenters. The maximum Gasteiger partial charge on any atom is 0.370 e. The van der Waals surface area contributed by atoms with Crippen molar-refractivity contribution >= 4 is 17.8 Å². The van der Waals surface area contributed by atoms with Gasteiger partial charge in [-0.2, -0.15) is 0 Å². The van der Waals surface area contributed by atoms with E-state index in [1.165, 1.54) is 6.92 Å². The van der Waals surface area contributed by atoms with Crippen LogP contribution < -0.4 is 10.6 Å². The first-order chi connectivity index (χ1) is 11.8. The van der Waals surface area contributed by atoms with Gasteiger partial charge >= 0.3 is 5.97 Å². The van der Waals surface area contributed by atoms with E-state index in [9.17, 15) is 29.7 Å². The number of carboxylic acids is 1. The summed E-state index contributed by atoms with van der Waals surface area (Å²) in [6.45, 7) is 5.85. The lowest BCUT2D eigenvalue weighted by Gasteiger charge is -2.38. The number of hydrogen-bond acceptors (Lipinski definition) is 7. The van der Waals surface area contributed by atoms with Gasteiger partial charge in [-0.25, -0.2) is 4.79 Å². The predicted octanol–water partition coefficient (Wildman–Crippen LogP) is -1.90. The number of ether oxygens (including phenoxy) is 1. The van der Waals surface area contributed by atoms with Crippen molar-refractivity contribution in [3.63, 3.8) is 0 Å². The molecule has 0 spiro atoms. The molecule has 0 aliphatic carbocycles. The number of amides is 2. The number of aliphatic hydroxyl groups is 3. The third-order valence-corrected chi connectivity index (χ3v) is 3.77. The van der Waals surface area contributed by atoms with E-state index >= 15 is 0 Å². The Morgan fingerprint density at radius 3 is 2.31 bits per heavy atom. The highest BCUT2D eigenvalue weighted by atomic mass is 16.5. The summed E-state index contributed by atoms with van der Waals surface area (Å²) in [4.78, 5) is 34.3. The molecule has 0 aromatic rings. The highest BCUT2D eigenvalue weighted by Crippen LogP contribution is 2.23. The summed E-state index contributed by atoms with van der Waals surface area (Å²) in [5.74, 6) is -3.00. The first-order valence-corrected chi connectivity index (χ1v) is 8.06. The summed E-state index contributed by atoms with van der Waals surface area (Å²) in [5, 5.41) is 44.4. The maximum absolute atomic E-state index is 11.9. The second kappa shape index (κ2) is 8.47. The summed E-state index contributed by atoms with van der Waals surface area (Å²) in [7, 11) is 0. The zero-order chi connectivity index (χ0) is 20.2. The van der Waals surface area contributed by atoms with E-state index in [0.29, 0.717) is 0 Å². The van der Waals surface area contributed by atoms with Crippen LogP contribution in [0.5, 0.6) is 0 Å². The lowest BCUT2D eigenvalue weighted by atomic mass is 9.93. The topological polar surface area (TPSA) is 165 Å². The molecule has 2 amide bonds. The second-order valence-electron chi connectivity index (χ2n) is 7.15. The second-order valence-corrected chi connectivity index (χ2v) is 7.15. The molecule has 0 radical (unpaired) electrons. The van der Waals surface area contributed by atoms with Crippen molar-refractivity contribution in [1.82, 2.24) is 10.6 Å². The number of carbonyl (C=O) groups excluding carboxylic acids is 2. The molecule has 148 valence electrons. The Balaban J connectivity index is 2.91. The number of aliphatic hydroxyl groups excluding tert-OH is 3. The Hall–Kier alpha value is -2.17. The monoisotopic (exact) mass is 374 g/mol. The number of carboxylic acid groups (broad SMARTS) is 1. The molecule has 1 rings (SSSR count). The number of rotatable bonds is 6. The molecule has 0 aromatic heterocycles. The quantitative estimate of drug-likeness (QED) is 0.314. The van der Waals surface area contributed by atoms with Crippen LogP contribution in [0, 0.1) is 5.41 Å². The van der Waals surface area contributed by atoms with Crippen LogP contribution in [0.15, 0.2) is 11.8 Å². The Morgan fingerprint density at radius 2 is 1.85 bits per heavy atom. The zero-order valence-electron chi connectivity index (χ0n) is 15.1. The van der Waals surface area contributed by atoms with Gasteiger partial charge < -0.3 is 35.8 Å². The van der Waals surface area contributed by atoms with E-state index < -0.39 is 53.5 Å². The van der Waals surface area contributed by atoms with Crippen LogP contribution in [0.4, 0.5) is 0 Å². The molecule has 6 N–H and O–H groups in total. The molecular weight excluding hydrogens is 348 g/mol. The minimum absolute atomic E-state index is 0.327. The maximum atomic E-state index is 11.9. The van der Waals surface area contributed by atoms with Crippen molar-refractivity contribution in [2.24, 2.45) is 5.41 Å². The van der Waals surface area contributed by atoms with Crippen molar-refractivity contribution in [3.05, 3.63) is 11.8 Å². The van der Waals surface area contributed by atoms with Crippen LogP contribution in [0.3, 0.4) is 0 Å². The van der Waals surface area contributed by atoms with Crippen LogP contribution in [-0.2, 0) is 19.1 Å². The van der Waals surface area contributed by atoms with Gasteiger partial charge in [-0.15, -0.1) is 0 Å². The van der Waals surface area contributed by atoms with Crippen LogP contribution in [0.2, 0.25) is 0 Å². The van der Waals surface area contributed by atoms with Gasteiger partial charge in [0.2, 0.25) is 17.6 Å². The Kier molecular flexibility index (Phi) is 7.13. The number of carbonyl (C=O) groups is 3. The minimum Gasteiger partial charge on any atom is -0.478 e. The first-order valence-electron chi connectivity index (χ1n) is 8.06. The van der Waals surface area contributed by atoms with Crippen LogP contribution in [-0.4, -0.2) is 75.2 Å². The van der Waals surface area contributed by atoms with E-state index in [0.717, 1.165) is 6.08 Å². The lowest BCUT2D eigenvalue weighted by Crippen LogP contribution is -2.60. The Bertz CT molecular complexity index is 583. The van der Waals surface area contributed by atoms with Crippen molar-refractivity contribution < 1.29 is 39.5 Å². The zero-order valence-corrected chi connectivity index (χ0v) is 15.1. The van der Waals surface area contributed by atoms with Crippen LogP contribution in [0.1, 0.15) is 27.7 Å². The molecule has 1 aliphatic rings. The fraction of sp³-hybridized carbons (Fsp3) is 0.688. The largest absolute Gasteiger partial charge is 0.478 e. The number of nitrogens with one attached hydrogen (secondary N) is 2. The molecule has 0 fully saturated rings. The molecule has 0 saturated heterocycles. The molecule has 10 heteroatoms. The van der Waals surface area contributed by atoms with Gasteiger partial charge in [0, 0.05) is 18.9 Å². The molecule has 10 nitrogen and oxygen atoms in total. The SMILES string of the molecule is CC(=O)N[C@@H]1C(O)C=C(C(=O)O)OC1[C@@H](O)[C@@H](O)CNC(=O)C(C)(C)C. The molecule has 0 bridgehead atoms. The summed E-state index contributed by atoms with van der Waals surface area (Å²) in [6, 6.07) is -1.18. The highest BCUT2D eigenvalue weighted by Gasteiger charge is 2.43. The van der Waals surface area contributed by atoms with Gasteiger partial charge in [-0.05, 0) is 6.08 Å². The third kappa shape index (κ3) is 5.68. The van der Waals surface area contributed by atoms with Crippen molar-refractivity contribution in [2.75, 3.05) is 6.54 Å². The van der Waals surface area contributed by atoms with Gasteiger partial charge in [-0.1, -0.05) is 20.8 Å². The first kappa shape index (κ1) is 21.9. The molecule has 2 unspecified atom stereocenters. The fourth-order valence-corrected chi connectivity index (χ4v) is 2.32. The molecule has 0 saturated carbocycles. The summed E-state index contributed by atoms with van der Waals surface area (Å²) < 4.78 is 5.15. The number of aliphatic carboxylic acids is 1. The average molecular weight is 374 g/mol. The highest BCUT2D eigenvalue weighted by molar-refractivity contribution is 5.84. The van der Waals surface area contributed by atoms with Gasteiger partial charge in [-0.3, -0.25) is 9.59 Å². The standard InChI is InChI=1S/C16H26N2O8/c1-7(19)18-11-8(20)5-10(14(23)24)26-13(11)12(22)9(21)6-17-15(25)16(2,3)4/h5,8-9,11-13,20-22H,6H2,1-4H3,(H,17,25)(H,18,19)(H,23,24)/t8?,9-,11+,12-,13?/m0/s1. The van der Waals surface area contributed by atoms with E-state index in [-0.39, 0.29) is 12.5 Å². The van der Waals surface area contributed by atoms with Gasteiger partial charge in [0.05, 0.1) is 6.04 Å². The van der Waals surface area contributed by atoms with Crippen molar-refractivity contribution in [1.29, 1.82) is 0 Å². The summed E-state index contributed by atoms with van der Waals surface area (Å²) >= 11 is 0. The smallest absolute Gasteiger partial charge is 0.370 e. The van der Waals surface area contributed by atoms with E-state index in [4.69, 9.17) is 9.84 Å². The average Bonchev–Trinajstić information content (AvgIpc) is 2.51. The van der Waals surface area contributed by atoms with E-state index in [2.05, 4.69) is 10.6 Å². The minimum atomic E-state index is -1.69. The fourth-order valence-electron chi connectivity index (χ4n) is 2.32. The predicted molar refractivity (Wildman–Crippen MR) is 88.7 cm³/mol. The molecule has 1 aliphatic heterocycles. The van der Waals surface area contributed by atoms with E-state index in [1.807, 2.05) is 0 Å². The molecule has 0 aromatic carbocycles. The van der Waals surface area contributed by atoms with Crippen molar-refractivity contribution in [2.45, 2.75) is 58.2 Å². The molecular formula is C16H26N2O8. The Morgan fingerprint density at radius 1 is 1.27 bits per heavy atom. The molecule has 26 heavy (non-hydrogen) atoms. The van der Waals surface area contributed by atoms with Gasteiger partial charge in [0.15, 0.2) is 6.10 Å². The van der Waals surface area contributed by atoms with Crippen molar-refractivity contribution in [3.8, 4) is 0 Å². The molecule has 1 heterocycles. The van der Waals surface area contributed by atoms with E-state index in [1.54, 1.807) is 20.8 Å². The van der Waals surface area contributed by atoms with Crippen LogP contribution in [0.25, 0.3) is 0 Å².